The van der Waals surface area contributed by atoms with Crippen LogP contribution in [0.4, 0.5) is 0 Å². The maximum absolute atomic E-state index is 11.7. The third-order valence-electron chi connectivity index (χ3n) is 8.52. The van der Waals surface area contributed by atoms with Gasteiger partial charge in [-0.05, 0) is 62.7 Å². The van der Waals surface area contributed by atoms with Crippen LogP contribution in [-0.4, -0.2) is 34.5 Å². The van der Waals surface area contributed by atoms with E-state index in [0.717, 1.165) is 25.7 Å². The van der Waals surface area contributed by atoms with Crippen LogP contribution in [0.15, 0.2) is 0 Å². The average Bonchev–Trinajstić information content (AvgIpc) is 2.69. The van der Waals surface area contributed by atoms with Gasteiger partial charge in [-0.15, -0.1) is 0 Å². The van der Waals surface area contributed by atoms with E-state index in [4.69, 9.17) is 4.74 Å². The van der Waals surface area contributed by atoms with Crippen molar-refractivity contribution in [3.8, 4) is 0 Å². The summed E-state index contributed by atoms with van der Waals surface area (Å²) in [7, 11) is 0. The van der Waals surface area contributed by atoms with Gasteiger partial charge in [-0.2, -0.15) is 0 Å². The minimum Gasteiger partial charge on any atom is -0.465 e. The molecule has 3 saturated carbocycles. The number of rotatable bonds is 0. The second-order valence-electron chi connectivity index (χ2n) is 9.44. The van der Waals surface area contributed by atoms with Gasteiger partial charge in [0.25, 0.3) is 0 Å². The lowest BCUT2D eigenvalue weighted by atomic mass is 9.45. The standard InChI is InChI=1S/C19H30O4/c1-17-10-23-15(21)8-11(17)4-5-12-13-6-7-19(3,22)18(13,2)9-14(20)16(12)17/h11-14,16,20,22H,4-10H2,1-3H3/t11-,12-,13-,14-,16+,17-,18-,19-/m0/s1. The van der Waals surface area contributed by atoms with E-state index in [1.807, 2.05) is 6.92 Å². The van der Waals surface area contributed by atoms with Crippen LogP contribution in [0.5, 0.6) is 0 Å². The fourth-order valence-corrected chi connectivity index (χ4v) is 6.95. The molecule has 0 radical (unpaired) electrons. The maximum atomic E-state index is 11.7. The Morgan fingerprint density at radius 3 is 2.65 bits per heavy atom. The average molecular weight is 322 g/mol. The molecule has 1 heterocycles. The van der Waals surface area contributed by atoms with Crippen LogP contribution in [0, 0.1) is 34.5 Å². The molecular weight excluding hydrogens is 292 g/mol. The molecule has 130 valence electrons. The Hall–Kier alpha value is -0.610. The van der Waals surface area contributed by atoms with Gasteiger partial charge in [-0.25, -0.2) is 0 Å². The molecule has 0 aromatic rings. The molecule has 4 rings (SSSR count). The number of aliphatic hydroxyl groups is 2. The van der Waals surface area contributed by atoms with E-state index in [2.05, 4.69) is 13.8 Å². The van der Waals surface area contributed by atoms with Gasteiger partial charge < -0.3 is 14.9 Å². The summed E-state index contributed by atoms with van der Waals surface area (Å²) >= 11 is 0. The Morgan fingerprint density at radius 2 is 1.91 bits per heavy atom. The molecule has 4 aliphatic rings. The molecule has 4 nitrogen and oxygen atoms in total. The molecule has 3 aliphatic carbocycles. The van der Waals surface area contributed by atoms with Crippen molar-refractivity contribution in [2.75, 3.05) is 6.61 Å². The molecule has 8 atom stereocenters. The molecule has 0 amide bonds. The first-order valence-electron chi connectivity index (χ1n) is 9.25. The van der Waals surface area contributed by atoms with Gasteiger partial charge in [0.15, 0.2) is 0 Å². The lowest BCUT2D eigenvalue weighted by molar-refractivity contribution is -0.212. The lowest BCUT2D eigenvalue weighted by Crippen LogP contribution is -2.62. The summed E-state index contributed by atoms with van der Waals surface area (Å²) in [5.74, 6) is 1.37. The number of esters is 1. The number of aliphatic hydroxyl groups excluding tert-OH is 1. The van der Waals surface area contributed by atoms with E-state index in [1.165, 1.54) is 0 Å². The zero-order chi connectivity index (χ0) is 16.6. The zero-order valence-corrected chi connectivity index (χ0v) is 14.5. The van der Waals surface area contributed by atoms with E-state index >= 15 is 0 Å². The topological polar surface area (TPSA) is 66.8 Å². The molecule has 4 heteroatoms. The second kappa shape index (κ2) is 4.72. The van der Waals surface area contributed by atoms with Gasteiger partial charge in [-0.1, -0.05) is 13.8 Å². The van der Waals surface area contributed by atoms with Crippen molar-refractivity contribution >= 4 is 5.97 Å². The third kappa shape index (κ3) is 1.94. The summed E-state index contributed by atoms with van der Waals surface area (Å²) < 4.78 is 5.43. The van der Waals surface area contributed by atoms with E-state index in [9.17, 15) is 15.0 Å². The molecule has 0 aromatic carbocycles. The van der Waals surface area contributed by atoms with Gasteiger partial charge in [0.1, 0.15) is 0 Å². The van der Waals surface area contributed by atoms with Crippen LogP contribution in [0.1, 0.15) is 59.3 Å². The van der Waals surface area contributed by atoms with Gasteiger partial charge in [0, 0.05) is 17.3 Å². The van der Waals surface area contributed by atoms with Crippen LogP contribution in [0.25, 0.3) is 0 Å². The SMILES string of the molecule is C[C@]12COC(=O)C[C@@H]1CC[C@@H]1[C@@H]2[C@@H](O)C[C@@]2(C)[C@H]1CC[C@]2(C)O. The molecular formula is C19H30O4. The summed E-state index contributed by atoms with van der Waals surface area (Å²) in [4.78, 5) is 11.7. The number of carbonyl (C=O) groups excluding carboxylic acids is 1. The van der Waals surface area contributed by atoms with Crippen LogP contribution >= 0.6 is 0 Å². The second-order valence-corrected chi connectivity index (χ2v) is 9.44. The first-order chi connectivity index (χ1) is 10.7. The fourth-order valence-electron chi connectivity index (χ4n) is 6.95. The smallest absolute Gasteiger partial charge is 0.306 e. The summed E-state index contributed by atoms with van der Waals surface area (Å²) in [5, 5.41) is 22.0. The van der Waals surface area contributed by atoms with Gasteiger partial charge >= 0.3 is 5.97 Å². The number of hydrogen-bond donors (Lipinski definition) is 2. The van der Waals surface area contributed by atoms with Crippen molar-refractivity contribution in [3.05, 3.63) is 0 Å². The first-order valence-corrected chi connectivity index (χ1v) is 9.25. The highest BCUT2D eigenvalue weighted by Gasteiger charge is 2.66. The summed E-state index contributed by atoms with van der Waals surface area (Å²) in [6, 6.07) is 0. The number of hydrogen-bond acceptors (Lipinski definition) is 4. The predicted molar refractivity (Wildman–Crippen MR) is 85.5 cm³/mol. The molecule has 2 N–H and O–H groups in total. The molecule has 23 heavy (non-hydrogen) atoms. The zero-order valence-electron chi connectivity index (χ0n) is 14.5. The monoisotopic (exact) mass is 322 g/mol. The summed E-state index contributed by atoms with van der Waals surface area (Å²) in [6.07, 6.45) is 4.78. The minimum atomic E-state index is -0.680. The van der Waals surface area contributed by atoms with E-state index in [1.54, 1.807) is 0 Å². The Kier molecular flexibility index (Phi) is 3.26. The quantitative estimate of drug-likeness (QED) is 0.673. The highest BCUT2D eigenvalue weighted by Crippen LogP contribution is 2.67. The van der Waals surface area contributed by atoms with Crippen molar-refractivity contribution in [1.29, 1.82) is 0 Å². The molecule has 0 bridgehead atoms. The van der Waals surface area contributed by atoms with Crippen LogP contribution < -0.4 is 0 Å². The Bertz CT molecular complexity index is 529. The van der Waals surface area contributed by atoms with E-state index in [-0.39, 0.29) is 22.7 Å². The highest BCUT2D eigenvalue weighted by atomic mass is 16.5. The highest BCUT2D eigenvalue weighted by molar-refractivity contribution is 5.70. The van der Waals surface area contributed by atoms with Crippen LogP contribution in [-0.2, 0) is 9.53 Å². The molecule has 0 unspecified atom stereocenters. The Morgan fingerprint density at radius 1 is 1.17 bits per heavy atom. The minimum absolute atomic E-state index is 0.0788. The van der Waals surface area contributed by atoms with Gasteiger partial charge in [0.2, 0.25) is 0 Å². The third-order valence-corrected chi connectivity index (χ3v) is 8.52. The van der Waals surface area contributed by atoms with Crippen molar-refractivity contribution in [2.24, 2.45) is 34.5 Å². The molecule has 0 spiro atoms. The number of carbonyl (C=O) groups is 1. The largest absolute Gasteiger partial charge is 0.465 e. The lowest BCUT2D eigenvalue weighted by Gasteiger charge is -2.61. The summed E-state index contributed by atoms with van der Waals surface area (Å²) in [5.41, 5.74) is -0.978. The van der Waals surface area contributed by atoms with Crippen molar-refractivity contribution in [2.45, 2.75) is 71.0 Å². The fraction of sp³-hybridized carbons (Fsp3) is 0.947. The number of ether oxygens (including phenoxy) is 1. The van der Waals surface area contributed by atoms with Gasteiger partial charge in [0.05, 0.1) is 18.3 Å². The summed E-state index contributed by atoms with van der Waals surface area (Å²) in [6.45, 7) is 6.81. The molecule has 1 aliphatic heterocycles. The van der Waals surface area contributed by atoms with E-state index in [0.29, 0.717) is 37.2 Å². The molecule has 0 aromatic heterocycles. The normalized spacial score (nSPS) is 58.8. The number of cyclic esters (lactones) is 1. The van der Waals surface area contributed by atoms with Crippen LogP contribution in [0.3, 0.4) is 0 Å². The number of fused-ring (bicyclic) bond motifs is 5. The maximum Gasteiger partial charge on any atom is 0.306 e. The van der Waals surface area contributed by atoms with Crippen molar-refractivity contribution < 1.29 is 19.7 Å². The van der Waals surface area contributed by atoms with E-state index < -0.39 is 11.7 Å². The van der Waals surface area contributed by atoms with Crippen molar-refractivity contribution in [3.63, 3.8) is 0 Å². The first kappa shape index (κ1) is 15.9. The molecule has 4 fully saturated rings. The Balaban J connectivity index is 1.70. The Labute approximate surface area is 138 Å². The predicted octanol–water partition coefficient (Wildman–Crippen LogP) is 2.51. The van der Waals surface area contributed by atoms with Crippen LogP contribution in [0.2, 0.25) is 0 Å². The van der Waals surface area contributed by atoms with Crippen molar-refractivity contribution in [1.82, 2.24) is 0 Å². The molecule has 1 saturated heterocycles. The van der Waals surface area contributed by atoms with Gasteiger partial charge in [-0.3, -0.25) is 4.79 Å².